The number of hydrogen-bond donors (Lipinski definition) is 1. The molecule has 0 bridgehead atoms. The molecule has 1 fully saturated rings. The first kappa shape index (κ1) is 13.0. The van der Waals surface area contributed by atoms with Crippen molar-refractivity contribution in [3.63, 3.8) is 0 Å². The zero-order valence-electron chi connectivity index (χ0n) is 10.8. The van der Waals surface area contributed by atoms with Crippen LogP contribution in [0.25, 0.3) is 0 Å². The standard InChI is InChI=1S/C13H22N2OS/c1-11-12(17-10-15-11)3-4-13(5-6-13)9-14-7-8-16-2/h10,14H,3-9H2,1-2H3. The predicted octanol–water partition coefficient (Wildman–Crippen LogP) is 2.40. The lowest BCUT2D eigenvalue weighted by atomic mass is 9.99. The normalized spacial score (nSPS) is 17.3. The Labute approximate surface area is 108 Å². The van der Waals surface area contributed by atoms with Crippen molar-refractivity contribution < 1.29 is 4.74 Å². The number of nitrogens with zero attached hydrogens (tertiary/aromatic N) is 1. The number of methoxy groups -OCH3 is 1. The molecular weight excluding hydrogens is 232 g/mol. The largest absolute Gasteiger partial charge is 0.383 e. The molecule has 0 saturated heterocycles. The Hall–Kier alpha value is -0.450. The summed E-state index contributed by atoms with van der Waals surface area (Å²) in [5.41, 5.74) is 3.75. The van der Waals surface area contributed by atoms with Gasteiger partial charge in [0.05, 0.1) is 17.8 Å². The second-order valence-electron chi connectivity index (χ2n) is 5.03. The van der Waals surface area contributed by atoms with E-state index in [4.69, 9.17) is 4.74 Å². The fourth-order valence-corrected chi connectivity index (χ4v) is 2.95. The van der Waals surface area contributed by atoms with Gasteiger partial charge in [0.1, 0.15) is 0 Å². The van der Waals surface area contributed by atoms with Crippen LogP contribution in [0.1, 0.15) is 29.8 Å². The number of aromatic nitrogens is 1. The van der Waals surface area contributed by atoms with Gasteiger partial charge in [0.2, 0.25) is 0 Å². The van der Waals surface area contributed by atoms with Crippen LogP contribution in [0.15, 0.2) is 5.51 Å². The summed E-state index contributed by atoms with van der Waals surface area (Å²) in [6.45, 7) is 5.04. The van der Waals surface area contributed by atoms with E-state index >= 15 is 0 Å². The van der Waals surface area contributed by atoms with Crippen LogP contribution in [0.4, 0.5) is 0 Å². The fourth-order valence-electron chi connectivity index (χ4n) is 2.16. The molecule has 3 nitrogen and oxygen atoms in total. The molecule has 0 aromatic carbocycles. The topological polar surface area (TPSA) is 34.1 Å². The number of rotatable bonds is 8. The van der Waals surface area contributed by atoms with Crippen molar-refractivity contribution in [2.45, 2.75) is 32.6 Å². The molecule has 4 heteroatoms. The van der Waals surface area contributed by atoms with Crippen molar-refractivity contribution in [1.82, 2.24) is 10.3 Å². The molecule has 0 amide bonds. The van der Waals surface area contributed by atoms with E-state index in [1.165, 1.54) is 36.3 Å². The van der Waals surface area contributed by atoms with Crippen molar-refractivity contribution in [3.8, 4) is 0 Å². The summed E-state index contributed by atoms with van der Waals surface area (Å²) in [4.78, 5) is 5.78. The van der Waals surface area contributed by atoms with E-state index in [1.807, 2.05) is 5.51 Å². The average molecular weight is 254 g/mol. The van der Waals surface area contributed by atoms with Crippen molar-refractivity contribution in [1.29, 1.82) is 0 Å². The predicted molar refractivity (Wildman–Crippen MR) is 71.6 cm³/mol. The van der Waals surface area contributed by atoms with Crippen LogP contribution in [-0.2, 0) is 11.2 Å². The highest BCUT2D eigenvalue weighted by atomic mass is 32.1. The van der Waals surface area contributed by atoms with Gasteiger partial charge in [-0.3, -0.25) is 0 Å². The van der Waals surface area contributed by atoms with Gasteiger partial charge in [0.25, 0.3) is 0 Å². The van der Waals surface area contributed by atoms with E-state index in [1.54, 1.807) is 18.4 Å². The van der Waals surface area contributed by atoms with Crippen molar-refractivity contribution in [2.75, 3.05) is 26.8 Å². The third-order valence-corrected chi connectivity index (χ3v) is 4.66. The maximum Gasteiger partial charge on any atom is 0.0797 e. The van der Waals surface area contributed by atoms with Crippen LogP contribution in [0.2, 0.25) is 0 Å². The van der Waals surface area contributed by atoms with Gasteiger partial charge in [-0.15, -0.1) is 11.3 Å². The molecule has 1 N–H and O–H groups in total. The molecule has 0 spiro atoms. The maximum absolute atomic E-state index is 5.04. The van der Waals surface area contributed by atoms with Gasteiger partial charge in [0.15, 0.2) is 0 Å². The minimum absolute atomic E-state index is 0.574. The molecule has 1 saturated carbocycles. The SMILES string of the molecule is COCCNCC1(CCc2scnc2C)CC1. The third-order valence-electron chi connectivity index (χ3n) is 3.67. The number of nitrogens with one attached hydrogen (secondary N) is 1. The van der Waals surface area contributed by atoms with E-state index in [0.29, 0.717) is 5.41 Å². The Morgan fingerprint density at radius 1 is 1.53 bits per heavy atom. The zero-order chi connectivity index (χ0) is 12.1. The van der Waals surface area contributed by atoms with E-state index in [0.717, 1.165) is 19.7 Å². The lowest BCUT2D eigenvalue weighted by Crippen LogP contribution is -2.27. The first-order valence-electron chi connectivity index (χ1n) is 6.34. The first-order chi connectivity index (χ1) is 8.26. The lowest BCUT2D eigenvalue weighted by Gasteiger charge is -2.15. The molecule has 0 unspecified atom stereocenters. The number of hydrogen-bond acceptors (Lipinski definition) is 4. The molecule has 1 heterocycles. The van der Waals surface area contributed by atoms with Gasteiger partial charge in [-0.25, -0.2) is 4.98 Å². The monoisotopic (exact) mass is 254 g/mol. The molecule has 1 aromatic heterocycles. The van der Waals surface area contributed by atoms with E-state index < -0.39 is 0 Å². The smallest absolute Gasteiger partial charge is 0.0797 e. The molecule has 1 aromatic rings. The fraction of sp³-hybridized carbons (Fsp3) is 0.769. The molecule has 2 rings (SSSR count). The van der Waals surface area contributed by atoms with E-state index in [2.05, 4.69) is 17.2 Å². The molecule has 1 aliphatic rings. The van der Waals surface area contributed by atoms with Crippen molar-refractivity contribution >= 4 is 11.3 Å². The Morgan fingerprint density at radius 2 is 2.35 bits per heavy atom. The second-order valence-corrected chi connectivity index (χ2v) is 5.97. The summed E-state index contributed by atoms with van der Waals surface area (Å²) < 4.78 is 5.04. The molecule has 0 aliphatic heterocycles. The van der Waals surface area contributed by atoms with Gasteiger partial charge in [-0.1, -0.05) is 0 Å². The average Bonchev–Trinajstić information content (AvgIpc) is 2.98. The minimum Gasteiger partial charge on any atom is -0.383 e. The van der Waals surface area contributed by atoms with Crippen LogP contribution in [-0.4, -0.2) is 31.8 Å². The van der Waals surface area contributed by atoms with Crippen LogP contribution >= 0.6 is 11.3 Å². The van der Waals surface area contributed by atoms with Gasteiger partial charge in [-0.05, 0) is 38.0 Å². The van der Waals surface area contributed by atoms with E-state index in [9.17, 15) is 0 Å². The van der Waals surface area contributed by atoms with Gasteiger partial charge >= 0.3 is 0 Å². The molecule has 0 radical (unpaired) electrons. The molecule has 0 atom stereocenters. The Balaban J connectivity index is 1.69. The summed E-state index contributed by atoms with van der Waals surface area (Å²) >= 11 is 1.80. The number of ether oxygens (including phenoxy) is 1. The molecule has 96 valence electrons. The highest BCUT2D eigenvalue weighted by Crippen LogP contribution is 2.49. The number of thiazole rings is 1. The van der Waals surface area contributed by atoms with Crippen LogP contribution in [0, 0.1) is 12.3 Å². The summed E-state index contributed by atoms with van der Waals surface area (Å²) in [5.74, 6) is 0. The highest BCUT2D eigenvalue weighted by molar-refractivity contribution is 7.09. The Morgan fingerprint density at radius 3 is 2.94 bits per heavy atom. The third kappa shape index (κ3) is 3.76. The van der Waals surface area contributed by atoms with Gasteiger partial charge < -0.3 is 10.1 Å². The number of aryl methyl sites for hydroxylation is 2. The summed E-state index contributed by atoms with van der Waals surface area (Å²) in [7, 11) is 1.75. The van der Waals surface area contributed by atoms with Gasteiger partial charge in [-0.2, -0.15) is 0 Å². The molecule has 17 heavy (non-hydrogen) atoms. The zero-order valence-corrected chi connectivity index (χ0v) is 11.6. The molecular formula is C13H22N2OS. The summed E-state index contributed by atoms with van der Waals surface area (Å²) in [5, 5.41) is 3.50. The van der Waals surface area contributed by atoms with Crippen LogP contribution < -0.4 is 5.32 Å². The summed E-state index contributed by atoms with van der Waals surface area (Å²) in [6, 6.07) is 0. The first-order valence-corrected chi connectivity index (χ1v) is 7.22. The van der Waals surface area contributed by atoms with E-state index in [-0.39, 0.29) is 0 Å². The van der Waals surface area contributed by atoms with Crippen LogP contribution in [0.5, 0.6) is 0 Å². The van der Waals surface area contributed by atoms with Gasteiger partial charge in [0, 0.05) is 25.1 Å². The second kappa shape index (κ2) is 5.94. The van der Waals surface area contributed by atoms with Crippen LogP contribution in [0.3, 0.4) is 0 Å². The molecule has 1 aliphatic carbocycles. The van der Waals surface area contributed by atoms with Crippen molar-refractivity contribution in [3.05, 3.63) is 16.1 Å². The highest BCUT2D eigenvalue weighted by Gasteiger charge is 2.41. The lowest BCUT2D eigenvalue weighted by molar-refractivity contribution is 0.197. The Kier molecular flexibility index (Phi) is 4.54. The minimum atomic E-state index is 0.574. The van der Waals surface area contributed by atoms with Crippen molar-refractivity contribution in [2.24, 2.45) is 5.41 Å². The quantitative estimate of drug-likeness (QED) is 0.723. The summed E-state index contributed by atoms with van der Waals surface area (Å²) in [6.07, 6.45) is 5.26. The maximum atomic E-state index is 5.04. The Bertz CT molecular complexity index is 347.